The molecule has 2 rings (SSSR count). The van der Waals surface area contributed by atoms with Crippen molar-refractivity contribution in [1.82, 2.24) is 4.90 Å². The maximum atomic E-state index is 12.6. The van der Waals surface area contributed by atoms with Crippen LogP contribution < -0.4 is 9.47 Å². The van der Waals surface area contributed by atoms with Gasteiger partial charge >= 0.3 is 11.9 Å². The first kappa shape index (κ1) is 22.8. The molecule has 0 saturated carbocycles. The Labute approximate surface area is 179 Å². The number of thioether (sulfide) groups is 1. The molecule has 2 amide bonds. The van der Waals surface area contributed by atoms with E-state index in [1.54, 1.807) is 12.1 Å². The minimum atomic E-state index is -1.04. The Morgan fingerprint density at radius 1 is 1.17 bits per heavy atom. The van der Waals surface area contributed by atoms with Gasteiger partial charge in [0, 0.05) is 4.47 Å². The highest BCUT2D eigenvalue weighted by molar-refractivity contribution is 9.10. The van der Waals surface area contributed by atoms with Crippen LogP contribution in [-0.2, 0) is 23.9 Å². The summed E-state index contributed by atoms with van der Waals surface area (Å²) in [6, 6.07) is 2.11. The molecule has 0 radical (unpaired) electrons. The van der Waals surface area contributed by atoms with Crippen molar-refractivity contribution in [3.05, 3.63) is 27.1 Å². The van der Waals surface area contributed by atoms with Gasteiger partial charge in [-0.25, -0.2) is 9.59 Å². The SMILES string of the molecule is COC(=O)COc1cc(Br)c(C=C2SC(=O)N(C(C)C(=O)OC)C2=O)cc1OC. The molecule has 11 heteroatoms. The van der Waals surface area contributed by atoms with Crippen molar-refractivity contribution in [2.75, 3.05) is 27.9 Å². The number of methoxy groups -OCH3 is 3. The van der Waals surface area contributed by atoms with Gasteiger partial charge in [-0.15, -0.1) is 0 Å². The minimum Gasteiger partial charge on any atom is -0.493 e. The van der Waals surface area contributed by atoms with Crippen LogP contribution in [0.2, 0.25) is 0 Å². The molecule has 1 aliphatic heterocycles. The number of carbonyl (C=O) groups excluding carboxylic acids is 4. The monoisotopic (exact) mass is 487 g/mol. The Balaban J connectivity index is 2.32. The zero-order valence-electron chi connectivity index (χ0n) is 16.0. The van der Waals surface area contributed by atoms with Crippen LogP contribution in [0.1, 0.15) is 12.5 Å². The van der Waals surface area contributed by atoms with Gasteiger partial charge in [-0.1, -0.05) is 15.9 Å². The molecule has 29 heavy (non-hydrogen) atoms. The van der Waals surface area contributed by atoms with E-state index in [0.29, 0.717) is 27.5 Å². The van der Waals surface area contributed by atoms with Crippen molar-refractivity contribution in [3.8, 4) is 11.5 Å². The molecule has 156 valence electrons. The average Bonchev–Trinajstić information content (AvgIpc) is 2.99. The van der Waals surface area contributed by atoms with Gasteiger partial charge in [0.2, 0.25) is 0 Å². The topological polar surface area (TPSA) is 108 Å². The third-order valence-electron chi connectivity index (χ3n) is 3.90. The zero-order valence-corrected chi connectivity index (χ0v) is 18.4. The summed E-state index contributed by atoms with van der Waals surface area (Å²) in [6.07, 6.45) is 1.49. The number of hydrogen-bond acceptors (Lipinski definition) is 9. The summed E-state index contributed by atoms with van der Waals surface area (Å²) in [5.41, 5.74) is 0.531. The highest BCUT2D eigenvalue weighted by Crippen LogP contribution is 2.38. The van der Waals surface area contributed by atoms with Crippen LogP contribution in [0.15, 0.2) is 21.5 Å². The number of ether oxygens (including phenoxy) is 4. The van der Waals surface area contributed by atoms with E-state index in [1.165, 1.54) is 34.3 Å². The van der Waals surface area contributed by atoms with Gasteiger partial charge in [-0.3, -0.25) is 14.5 Å². The molecule has 1 saturated heterocycles. The van der Waals surface area contributed by atoms with Crippen molar-refractivity contribution in [1.29, 1.82) is 0 Å². The molecule has 0 aromatic heterocycles. The summed E-state index contributed by atoms with van der Waals surface area (Å²) in [7, 11) is 3.85. The average molecular weight is 488 g/mol. The summed E-state index contributed by atoms with van der Waals surface area (Å²) in [4.78, 5) is 48.8. The second kappa shape index (κ2) is 9.79. The molecule has 1 heterocycles. The largest absolute Gasteiger partial charge is 0.493 e. The molecule has 1 aromatic carbocycles. The van der Waals surface area contributed by atoms with Crippen molar-refractivity contribution in [2.45, 2.75) is 13.0 Å². The van der Waals surface area contributed by atoms with E-state index >= 15 is 0 Å². The summed E-state index contributed by atoms with van der Waals surface area (Å²) in [5, 5.41) is -0.569. The minimum absolute atomic E-state index is 0.136. The quantitative estimate of drug-likeness (QED) is 0.423. The summed E-state index contributed by atoms with van der Waals surface area (Å²) < 4.78 is 20.3. The fourth-order valence-corrected chi connectivity index (χ4v) is 3.70. The van der Waals surface area contributed by atoms with E-state index in [4.69, 9.17) is 9.47 Å². The second-order valence-electron chi connectivity index (χ2n) is 5.64. The van der Waals surface area contributed by atoms with Crippen LogP contribution in [0.4, 0.5) is 4.79 Å². The molecule has 1 aliphatic rings. The lowest BCUT2D eigenvalue weighted by Crippen LogP contribution is -2.42. The third kappa shape index (κ3) is 5.10. The number of amides is 2. The number of carbonyl (C=O) groups is 4. The van der Waals surface area contributed by atoms with Crippen LogP contribution in [0.25, 0.3) is 6.08 Å². The first-order chi connectivity index (χ1) is 13.7. The van der Waals surface area contributed by atoms with Crippen molar-refractivity contribution in [3.63, 3.8) is 0 Å². The molecule has 1 fully saturated rings. The predicted octanol–water partition coefficient (Wildman–Crippen LogP) is 2.61. The van der Waals surface area contributed by atoms with E-state index in [0.717, 1.165) is 4.90 Å². The Hall–Kier alpha value is -2.53. The molecule has 1 atom stereocenters. The van der Waals surface area contributed by atoms with Crippen LogP contribution in [0, 0.1) is 0 Å². The number of nitrogens with zero attached hydrogens (tertiary/aromatic N) is 1. The molecule has 0 aliphatic carbocycles. The van der Waals surface area contributed by atoms with E-state index in [9.17, 15) is 19.2 Å². The number of esters is 2. The standard InChI is InChI=1S/C18H18BrNO8S/c1-9(17(23)27-4)20-16(22)14(29-18(20)24)6-10-5-12(25-2)13(7-11(10)19)28-8-15(21)26-3/h5-7,9H,8H2,1-4H3. The normalized spacial score (nSPS) is 16.0. The molecule has 0 spiro atoms. The maximum Gasteiger partial charge on any atom is 0.343 e. The highest BCUT2D eigenvalue weighted by Gasteiger charge is 2.41. The van der Waals surface area contributed by atoms with Crippen LogP contribution in [0.5, 0.6) is 11.5 Å². The Bertz CT molecular complexity index is 885. The van der Waals surface area contributed by atoms with Gasteiger partial charge in [0.25, 0.3) is 11.1 Å². The van der Waals surface area contributed by atoms with E-state index < -0.39 is 29.1 Å². The number of hydrogen-bond donors (Lipinski definition) is 0. The van der Waals surface area contributed by atoms with E-state index in [1.807, 2.05) is 0 Å². The van der Waals surface area contributed by atoms with Crippen molar-refractivity contribution < 1.29 is 38.1 Å². The lowest BCUT2D eigenvalue weighted by atomic mass is 10.1. The van der Waals surface area contributed by atoms with Crippen LogP contribution >= 0.6 is 27.7 Å². The molecule has 1 aromatic rings. The van der Waals surface area contributed by atoms with Crippen molar-refractivity contribution in [2.24, 2.45) is 0 Å². The summed E-state index contributed by atoms with van der Waals surface area (Å²) in [5.74, 6) is -1.25. The van der Waals surface area contributed by atoms with Crippen LogP contribution in [-0.4, -0.2) is 62.0 Å². The predicted molar refractivity (Wildman–Crippen MR) is 107 cm³/mol. The van der Waals surface area contributed by atoms with Gasteiger partial charge in [-0.05, 0) is 42.5 Å². The zero-order chi connectivity index (χ0) is 21.7. The van der Waals surface area contributed by atoms with E-state index in [-0.39, 0.29) is 17.3 Å². The smallest absolute Gasteiger partial charge is 0.343 e. The Morgan fingerprint density at radius 3 is 2.45 bits per heavy atom. The molecule has 1 unspecified atom stereocenters. The number of rotatable bonds is 7. The molecular formula is C18H18BrNO8S. The highest BCUT2D eigenvalue weighted by atomic mass is 79.9. The first-order valence-corrected chi connectivity index (χ1v) is 9.76. The van der Waals surface area contributed by atoms with Crippen molar-refractivity contribution >= 4 is 56.9 Å². The first-order valence-electron chi connectivity index (χ1n) is 8.15. The lowest BCUT2D eigenvalue weighted by Gasteiger charge is -2.18. The third-order valence-corrected chi connectivity index (χ3v) is 5.47. The second-order valence-corrected chi connectivity index (χ2v) is 7.49. The summed E-state index contributed by atoms with van der Waals surface area (Å²) in [6.45, 7) is 1.11. The number of benzene rings is 1. The van der Waals surface area contributed by atoms with E-state index in [2.05, 4.69) is 25.4 Å². The fraction of sp³-hybridized carbons (Fsp3) is 0.333. The Morgan fingerprint density at radius 2 is 1.86 bits per heavy atom. The van der Waals surface area contributed by atoms with Crippen LogP contribution in [0.3, 0.4) is 0 Å². The maximum absolute atomic E-state index is 12.6. The lowest BCUT2D eigenvalue weighted by molar-refractivity contribution is -0.148. The molecule has 0 N–H and O–H groups in total. The Kier molecular flexibility index (Phi) is 7.68. The molecule has 0 bridgehead atoms. The van der Waals surface area contributed by atoms with Gasteiger partial charge < -0.3 is 18.9 Å². The number of halogens is 1. The van der Waals surface area contributed by atoms with Gasteiger partial charge in [0.1, 0.15) is 6.04 Å². The fourth-order valence-electron chi connectivity index (χ4n) is 2.36. The van der Waals surface area contributed by atoms with Gasteiger partial charge in [0.15, 0.2) is 18.1 Å². The van der Waals surface area contributed by atoms with Gasteiger partial charge in [-0.2, -0.15) is 0 Å². The summed E-state index contributed by atoms with van der Waals surface area (Å²) >= 11 is 4.08. The van der Waals surface area contributed by atoms with Gasteiger partial charge in [0.05, 0.1) is 26.2 Å². The number of imide groups is 1. The molecular weight excluding hydrogens is 470 g/mol. The molecule has 9 nitrogen and oxygen atoms in total.